The number of rotatable bonds is 11. The molecule has 38 heavy (non-hydrogen) atoms. The van der Waals surface area contributed by atoms with Crippen molar-refractivity contribution in [2.24, 2.45) is 5.73 Å². The molecule has 0 spiro atoms. The molecule has 2 heterocycles. The number of carbonyl (C=O) groups excluding carboxylic acids is 1. The van der Waals surface area contributed by atoms with Crippen LogP contribution in [0.2, 0.25) is 23.3 Å². The van der Waals surface area contributed by atoms with Gasteiger partial charge in [-0.2, -0.15) is 5.10 Å². The summed E-state index contributed by atoms with van der Waals surface area (Å²) in [5, 5.41) is 4.76. The van der Waals surface area contributed by atoms with Crippen LogP contribution in [-0.2, 0) is 15.7 Å². The van der Waals surface area contributed by atoms with Crippen LogP contribution in [0.4, 0.5) is 4.79 Å². The fourth-order valence-electron chi connectivity index (χ4n) is 3.63. The van der Waals surface area contributed by atoms with Crippen LogP contribution in [0.3, 0.4) is 0 Å². The van der Waals surface area contributed by atoms with E-state index < -0.39 is 14.4 Å². The summed E-state index contributed by atoms with van der Waals surface area (Å²) >= 11 is 6.52. The van der Waals surface area contributed by atoms with Gasteiger partial charge < -0.3 is 19.6 Å². The predicted octanol–water partition coefficient (Wildman–Crippen LogP) is 6.24. The first-order chi connectivity index (χ1) is 17.8. The summed E-state index contributed by atoms with van der Waals surface area (Å²) in [5.74, 6) is 1.14. The summed E-state index contributed by atoms with van der Waals surface area (Å²) < 4.78 is 19.6. The van der Waals surface area contributed by atoms with Gasteiger partial charge in [0.15, 0.2) is 14.1 Å². The zero-order valence-corrected chi connectivity index (χ0v) is 25.0. The minimum atomic E-state index is -2.09. The molecule has 1 unspecified atom stereocenters. The van der Waals surface area contributed by atoms with E-state index in [4.69, 9.17) is 36.2 Å². The van der Waals surface area contributed by atoms with Crippen molar-refractivity contribution in [1.82, 2.24) is 19.7 Å². The molecule has 11 heteroatoms. The number of nitrogens with two attached hydrogens (primary N) is 1. The van der Waals surface area contributed by atoms with Crippen molar-refractivity contribution >= 4 is 26.0 Å². The highest BCUT2D eigenvalue weighted by Gasteiger charge is 2.39. The highest BCUT2D eigenvalue weighted by atomic mass is 35.5. The van der Waals surface area contributed by atoms with Gasteiger partial charge in [0.25, 0.3) is 0 Å². The molecule has 206 valence electrons. The number of ether oxygens (including phenoxy) is 2. The molecule has 0 aliphatic heterocycles. The van der Waals surface area contributed by atoms with Crippen LogP contribution in [0.5, 0.6) is 5.75 Å². The van der Waals surface area contributed by atoms with Gasteiger partial charge in [0.05, 0.1) is 24.1 Å². The molecular weight excluding hydrogens is 522 g/mol. The van der Waals surface area contributed by atoms with E-state index in [2.05, 4.69) is 43.9 Å². The minimum Gasteiger partial charge on any atom is -0.491 e. The fourth-order valence-corrected chi connectivity index (χ4v) is 5.17. The normalized spacial score (nSPS) is 12.8. The number of hydrogen-bond donors (Lipinski definition) is 1. The smallest absolute Gasteiger partial charge is 0.404 e. The van der Waals surface area contributed by atoms with E-state index in [1.165, 1.54) is 0 Å². The minimum absolute atomic E-state index is 0.0165. The van der Waals surface area contributed by atoms with Crippen molar-refractivity contribution < 1.29 is 18.7 Å². The maximum Gasteiger partial charge on any atom is 0.404 e. The van der Waals surface area contributed by atoms with Gasteiger partial charge in [-0.3, -0.25) is 4.68 Å². The van der Waals surface area contributed by atoms with Crippen molar-refractivity contribution in [3.8, 4) is 28.5 Å². The molecule has 9 nitrogen and oxygen atoms in total. The predicted molar refractivity (Wildman–Crippen MR) is 152 cm³/mol. The third kappa shape index (κ3) is 7.33. The van der Waals surface area contributed by atoms with E-state index in [0.717, 1.165) is 22.5 Å². The van der Waals surface area contributed by atoms with Crippen molar-refractivity contribution in [3.05, 3.63) is 47.2 Å². The Hall–Kier alpha value is -2.95. The lowest BCUT2D eigenvalue weighted by Gasteiger charge is -2.39. The van der Waals surface area contributed by atoms with E-state index in [-0.39, 0.29) is 24.4 Å². The van der Waals surface area contributed by atoms with Crippen LogP contribution < -0.4 is 10.5 Å². The van der Waals surface area contributed by atoms with Crippen molar-refractivity contribution in [2.45, 2.75) is 71.8 Å². The third-order valence-corrected chi connectivity index (χ3v) is 11.7. The van der Waals surface area contributed by atoms with Gasteiger partial charge in [-0.15, -0.1) is 0 Å². The average Bonchev–Trinajstić information content (AvgIpc) is 3.32. The second-order valence-electron chi connectivity index (χ2n) is 10.6. The molecule has 0 aliphatic rings. The number of nitrogens with zero attached hydrogens (tertiary/aromatic N) is 4. The maximum absolute atomic E-state index is 11.1. The zero-order valence-electron chi connectivity index (χ0n) is 23.2. The number of aryl methyl sites for hydroxylation is 1. The van der Waals surface area contributed by atoms with Crippen LogP contribution in [0, 0.1) is 6.92 Å². The lowest BCUT2D eigenvalue weighted by molar-refractivity contribution is 0.0809. The van der Waals surface area contributed by atoms with Crippen LogP contribution in [0.15, 0.2) is 36.5 Å². The Balaban J connectivity index is 1.83. The summed E-state index contributed by atoms with van der Waals surface area (Å²) in [7, 11) is -2.09. The van der Waals surface area contributed by atoms with Crippen LogP contribution in [0.25, 0.3) is 22.8 Å². The van der Waals surface area contributed by atoms with Gasteiger partial charge in [0.2, 0.25) is 0 Å². The molecule has 3 rings (SSSR count). The summed E-state index contributed by atoms with van der Waals surface area (Å²) in [6.07, 6.45) is 1.15. The monoisotopic (exact) mass is 559 g/mol. The van der Waals surface area contributed by atoms with Crippen molar-refractivity contribution in [2.75, 3.05) is 13.2 Å². The SMILES string of the molecule is CCn1nccc1-c1nc(-c2cccc(OCC(CCOC(N)=O)O[Si](C)(C)C(C)(C)C)c2)nc(Cl)c1C. The first-order valence-corrected chi connectivity index (χ1v) is 16.0. The van der Waals surface area contributed by atoms with Gasteiger partial charge in [-0.05, 0) is 50.2 Å². The van der Waals surface area contributed by atoms with E-state index in [1.54, 1.807) is 6.20 Å². The lowest BCUT2D eigenvalue weighted by atomic mass is 10.1. The molecule has 0 saturated carbocycles. The topological polar surface area (TPSA) is 114 Å². The van der Waals surface area contributed by atoms with Crippen LogP contribution in [0.1, 0.15) is 39.7 Å². The zero-order chi connectivity index (χ0) is 28.1. The molecule has 3 aromatic rings. The molecule has 1 amide bonds. The second kappa shape index (κ2) is 12.3. The molecule has 1 atom stereocenters. The highest BCUT2D eigenvalue weighted by Crippen LogP contribution is 2.38. The first-order valence-electron chi connectivity index (χ1n) is 12.7. The Labute approximate surface area is 230 Å². The quantitative estimate of drug-likeness (QED) is 0.218. The number of benzene rings is 1. The Kier molecular flexibility index (Phi) is 9.56. The number of aromatic nitrogens is 4. The molecule has 2 aromatic heterocycles. The molecular formula is C27H38ClN5O4Si. The number of primary amides is 1. The molecule has 1 aromatic carbocycles. The largest absolute Gasteiger partial charge is 0.491 e. The molecule has 0 aliphatic carbocycles. The first kappa shape index (κ1) is 29.6. The van der Waals surface area contributed by atoms with Crippen LogP contribution >= 0.6 is 11.6 Å². The molecule has 0 radical (unpaired) electrons. The van der Waals surface area contributed by atoms with Crippen molar-refractivity contribution in [3.63, 3.8) is 0 Å². The Bertz CT molecular complexity index is 1260. The number of hydrogen-bond acceptors (Lipinski definition) is 7. The second-order valence-corrected chi connectivity index (χ2v) is 15.8. The van der Waals surface area contributed by atoms with E-state index in [1.807, 2.05) is 48.9 Å². The summed E-state index contributed by atoms with van der Waals surface area (Å²) in [5.41, 5.74) is 8.32. The van der Waals surface area contributed by atoms with E-state index in [9.17, 15) is 4.79 Å². The maximum atomic E-state index is 11.1. The number of halogens is 1. The van der Waals surface area contributed by atoms with E-state index >= 15 is 0 Å². The van der Waals surface area contributed by atoms with E-state index in [0.29, 0.717) is 29.7 Å². The van der Waals surface area contributed by atoms with Gasteiger partial charge in [0.1, 0.15) is 17.5 Å². The Morgan fingerprint density at radius 2 is 1.95 bits per heavy atom. The number of amides is 1. The van der Waals surface area contributed by atoms with Gasteiger partial charge in [-0.25, -0.2) is 14.8 Å². The standard InChI is InChI=1S/C27H38ClN5O4Si/c1-8-33-22(12-14-30-33)23-18(2)24(28)32-25(31-23)19-10-9-11-20(16-19)36-17-21(13-15-35-26(29)34)37-38(6,7)27(3,4)5/h9-12,14,16,21H,8,13,15,17H2,1-7H3,(H2,29,34). The Morgan fingerprint density at radius 3 is 2.61 bits per heavy atom. The van der Waals surface area contributed by atoms with Crippen LogP contribution in [-0.4, -0.2) is 53.5 Å². The summed E-state index contributed by atoms with van der Waals surface area (Å²) in [6, 6.07) is 9.47. The van der Waals surface area contributed by atoms with Gasteiger partial charge in [0, 0.05) is 30.3 Å². The molecule has 2 N–H and O–H groups in total. The molecule has 0 bridgehead atoms. The third-order valence-electron chi connectivity index (χ3n) is 6.82. The molecule has 0 saturated heterocycles. The van der Waals surface area contributed by atoms with Gasteiger partial charge in [-0.1, -0.05) is 44.5 Å². The van der Waals surface area contributed by atoms with Crippen molar-refractivity contribution in [1.29, 1.82) is 0 Å². The van der Waals surface area contributed by atoms with Gasteiger partial charge >= 0.3 is 6.09 Å². The number of carbonyl (C=O) groups is 1. The summed E-state index contributed by atoms with van der Waals surface area (Å²) in [6.45, 7) is 16.0. The fraction of sp³-hybridized carbons (Fsp3) is 0.481. The Morgan fingerprint density at radius 1 is 1.21 bits per heavy atom. The lowest BCUT2D eigenvalue weighted by Crippen LogP contribution is -2.45. The summed E-state index contributed by atoms with van der Waals surface area (Å²) in [4.78, 5) is 20.4. The average molecular weight is 560 g/mol. The highest BCUT2D eigenvalue weighted by molar-refractivity contribution is 6.74. The molecule has 0 fully saturated rings.